The minimum absolute atomic E-state index is 0.147. The number of aryl methyl sites for hydroxylation is 1. The van der Waals surface area contributed by atoms with E-state index in [1.54, 1.807) is 0 Å². The molecular weight excluding hydrogens is 364 g/mol. The largest absolute Gasteiger partial charge is 0.493 e. The Morgan fingerprint density at radius 3 is 2.59 bits per heavy atom. The zero-order chi connectivity index (χ0) is 19.4. The molecule has 0 radical (unpaired) electrons. The Hall–Kier alpha value is -2.45. The minimum Gasteiger partial charge on any atom is -0.493 e. The van der Waals surface area contributed by atoms with Crippen molar-refractivity contribution in [3.05, 3.63) is 41.9 Å². The van der Waals surface area contributed by atoms with Gasteiger partial charge in [-0.2, -0.15) is 13.2 Å². The van der Waals surface area contributed by atoms with Crippen LogP contribution in [0.1, 0.15) is 31.2 Å². The van der Waals surface area contributed by atoms with E-state index in [2.05, 4.69) is 15.0 Å². The molecule has 5 nitrogen and oxygen atoms in total. The van der Waals surface area contributed by atoms with Gasteiger partial charge in [0.05, 0.1) is 12.3 Å². The van der Waals surface area contributed by atoms with E-state index in [4.69, 9.17) is 4.74 Å². The first-order chi connectivity index (χ1) is 12.9. The van der Waals surface area contributed by atoms with Crippen molar-refractivity contribution in [3.63, 3.8) is 0 Å². The van der Waals surface area contributed by atoms with Gasteiger partial charge in [0.2, 0.25) is 0 Å². The molecule has 0 aliphatic carbocycles. The first-order valence-electron chi connectivity index (χ1n) is 8.78. The van der Waals surface area contributed by atoms with Gasteiger partial charge in [-0.3, -0.25) is 4.98 Å². The maximum Gasteiger partial charge on any atom is 0.433 e. The number of nitrogens with zero attached hydrogens (tertiary/aromatic N) is 4. The molecule has 3 heterocycles. The Labute approximate surface area is 154 Å². The van der Waals surface area contributed by atoms with Crippen molar-refractivity contribution in [1.29, 1.82) is 0 Å². The normalized spacial score (nSPS) is 15.8. The summed E-state index contributed by atoms with van der Waals surface area (Å²) >= 11 is 0. The summed E-state index contributed by atoms with van der Waals surface area (Å²) < 4.78 is 58.0. The Kier molecular flexibility index (Phi) is 5.76. The molecule has 1 aliphatic rings. The van der Waals surface area contributed by atoms with Crippen LogP contribution in [0.15, 0.2) is 24.7 Å². The Bertz CT molecular complexity index is 776. The second kappa shape index (κ2) is 8.06. The summed E-state index contributed by atoms with van der Waals surface area (Å²) in [5.41, 5.74) is -0.579. The third-order valence-electron chi connectivity index (χ3n) is 4.60. The number of halogens is 4. The molecule has 1 saturated heterocycles. The van der Waals surface area contributed by atoms with Crippen molar-refractivity contribution in [2.45, 2.75) is 32.4 Å². The van der Waals surface area contributed by atoms with Crippen LogP contribution in [0.5, 0.6) is 5.75 Å². The number of alkyl halides is 3. The fourth-order valence-electron chi connectivity index (χ4n) is 3.04. The molecule has 0 unspecified atom stereocenters. The molecule has 27 heavy (non-hydrogen) atoms. The summed E-state index contributed by atoms with van der Waals surface area (Å²) in [5, 5.41) is 0. The summed E-state index contributed by atoms with van der Waals surface area (Å²) in [6.45, 7) is 3.36. The Morgan fingerprint density at radius 1 is 1.19 bits per heavy atom. The predicted molar refractivity (Wildman–Crippen MR) is 91.0 cm³/mol. The van der Waals surface area contributed by atoms with E-state index >= 15 is 0 Å². The van der Waals surface area contributed by atoms with Crippen LogP contribution >= 0.6 is 0 Å². The summed E-state index contributed by atoms with van der Waals surface area (Å²) in [6, 6.07) is 2.31. The molecular formula is C18H20F4N4O. The predicted octanol–water partition coefficient (Wildman–Crippen LogP) is 3.89. The lowest BCUT2D eigenvalue weighted by Gasteiger charge is -2.32. The van der Waals surface area contributed by atoms with Crippen molar-refractivity contribution in [3.8, 4) is 5.75 Å². The number of aromatic nitrogens is 3. The molecule has 3 rings (SSSR count). The number of pyridine rings is 1. The van der Waals surface area contributed by atoms with Gasteiger partial charge < -0.3 is 9.64 Å². The molecule has 2 aromatic rings. The Balaban J connectivity index is 1.55. The lowest BCUT2D eigenvalue weighted by molar-refractivity contribution is -0.141. The number of rotatable bonds is 5. The summed E-state index contributed by atoms with van der Waals surface area (Å²) in [7, 11) is 0. The third-order valence-corrected chi connectivity index (χ3v) is 4.60. The van der Waals surface area contributed by atoms with E-state index < -0.39 is 11.9 Å². The van der Waals surface area contributed by atoms with Crippen LogP contribution in [-0.2, 0) is 12.6 Å². The molecule has 0 aromatic carbocycles. The van der Waals surface area contributed by atoms with Gasteiger partial charge in [0, 0.05) is 25.4 Å². The number of hydrogen-bond donors (Lipinski definition) is 0. The second-order valence-electron chi connectivity index (χ2n) is 6.43. The molecule has 0 amide bonds. The van der Waals surface area contributed by atoms with Crippen LogP contribution in [0.25, 0.3) is 0 Å². The lowest BCUT2D eigenvalue weighted by atomic mass is 9.98. The van der Waals surface area contributed by atoms with Gasteiger partial charge in [0.25, 0.3) is 0 Å². The smallest absolute Gasteiger partial charge is 0.433 e. The second-order valence-corrected chi connectivity index (χ2v) is 6.43. The molecule has 2 aromatic heterocycles. The highest BCUT2D eigenvalue weighted by atomic mass is 19.4. The van der Waals surface area contributed by atoms with E-state index in [9.17, 15) is 17.6 Å². The molecule has 0 spiro atoms. The number of anilines is 1. The van der Waals surface area contributed by atoms with E-state index in [1.165, 1.54) is 12.4 Å². The average Bonchev–Trinajstić information content (AvgIpc) is 2.67. The highest BCUT2D eigenvalue weighted by molar-refractivity contribution is 5.41. The zero-order valence-electron chi connectivity index (χ0n) is 14.8. The average molecular weight is 384 g/mol. The van der Waals surface area contributed by atoms with Crippen molar-refractivity contribution in [1.82, 2.24) is 15.0 Å². The summed E-state index contributed by atoms with van der Waals surface area (Å²) in [5.74, 6) is 0.254. The number of ether oxygens (including phenoxy) is 1. The molecule has 0 N–H and O–H groups in total. The van der Waals surface area contributed by atoms with Gasteiger partial charge in [-0.05, 0) is 31.2 Å². The van der Waals surface area contributed by atoms with E-state index in [0.29, 0.717) is 37.6 Å². The maximum absolute atomic E-state index is 14.4. The standard InChI is InChI=1S/C18H20F4N4O/c1-2-14-16(19)17(25-11-24-14)26-7-4-12(5-8-26)10-27-13-3-6-23-15(9-13)18(20,21)22/h3,6,9,11-12H,2,4-5,7-8,10H2,1H3. The lowest BCUT2D eigenvalue weighted by Crippen LogP contribution is -2.36. The SMILES string of the molecule is CCc1ncnc(N2CCC(COc3ccnc(C(F)(F)F)c3)CC2)c1F. The van der Waals surface area contributed by atoms with Crippen molar-refractivity contribution in [2.75, 3.05) is 24.6 Å². The van der Waals surface area contributed by atoms with Crippen LogP contribution < -0.4 is 9.64 Å². The maximum atomic E-state index is 14.4. The number of hydrogen-bond acceptors (Lipinski definition) is 5. The first-order valence-corrected chi connectivity index (χ1v) is 8.78. The van der Waals surface area contributed by atoms with Gasteiger partial charge in [-0.25, -0.2) is 14.4 Å². The monoisotopic (exact) mass is 384 g/mol. The fraction of sp³-hybridized carbons (Fsp3) is 0.500. The third kappa shape index (κ3) is 4.64. The number of piperidine rings is 1. The molecule has 146 valence electrons. The van der Waals surface area contributed by atoms with Crippen molar-refractivity contribution in [2.24, 2.45) is 5.92 Å². The van der Waals surface area contributed by atoms with Crippen LogP contribution in [0, 0.1) is 11.7 Å². The molecule has 1 fully saturated rings. The first kappa shape index (κ1) is 19.3. The van der Waals surface area contributed by atoms with Gasteiger partial charge in [-0.15, -0.1) is 0 Å². The van der Waals surface area contributed by atoms with E-state index in [-0.39, 0.29) is 17.5 Å². The molecule has 0 atom stereocenters. The molecule has 0 bridgehead atoms. The summed E-state index contributed by atoms with van der Waals surface area (Å²) in [6.07, 6.45) is -0.0660. The van der Waals surface area contributed by atoms with Gasteiger partial charge in [0.1, 0.15) is 17.8 Å². The van der Waals surface area contributed by atoms with Gasteiger partial charge in [0.15, 0.2) is 11.6 Å². The molecule has 9 heteroatoms. The zero-order valence-corrected chi connectivity index (χ0v) is 14.8. The van der Waals surface area contributed by atoms with E-state index in [0.717, 1.165) is 25.1 Å². The van der Waals surface area contributed by atoms with Crippen LogP contribution in [-0.4, -0.2) is 34.6 Å². The Morgan fingerprint density at radius 2 is 1.93 bits per heavy atom. The van der Waals surface area contributed by atoms with Crippen molar-refractivity contribution >= 4 is 5.82 Å². The van der Waals surface area contributed by atoms with Crippen LogP contribution in [0.3, 0.4) is 0 Å². The minimum atomic E-state index is -4.50. The highest BCUT2D eigenvalue weighted by Crippen LogP contribution is 2.30. The fourth-order valence-corrected chi connectivity index (χ4v) is 3.04. The molecule has 0 saturated carbocycles. The highest BCUT2D eigenvalue weighted by Gasteiger charge is 2.32. The summed E-state index contributed by atoms with van der Waals surface area (Å²) in [4.78, 5) is 13.2. The van der Waals surface area contributed by atoms with Gasteiger partial charge in [-0.1, -0.05) is 6.92 Å². The van der Waals surface area contributed by atoms with E-state index in [1.807, 2.05) is 11.8 Å². The topological polar surface area (TPSA) is 51.1 Å². The van der Waals surface area contributed by atoms with Crippen LogP contribution in [0.2, 0.25) is 0 Å². The quantitative estimate of drug-likeness (QED) is 0.732. The molecule has 1 aliphatic heterocycles. The van der Waals surface area contributed by atoms with Crippen molar-refractivity contribution < 1.29 is 22.3 Å². The van der Waals surface area contributed by atoms with Gasteiger partial charge >= 0.3 is 6.18 Å². The van der Waals surface area contributed by atoms with Crippen LogP contribution in [0.4, 0.5) is 23.4 Å².